The van der Waals surface area contributed by atoms with Crippen molar-refractivity contribution >= 4 is 45.0 Å². The maximum absolute atomic E-state index is 12.3. The average molecular weight is 351 g/mol. The van der Waals surface area contributed by atoms with E-state index in [-0.39, 0.29) is 5.91 Å². The molecule has 0 aliphatic carbocycles. The molecule has 0 unspecified atom stereocenters. The molecule has 0 spiro atoms. The van der Waals surface area contributed by atoms with Gasteiger partial charge in [-0.1, -0.05) is 35.0 Å². The number of para-hydroxylation sites is 1. The van der Waals surface area contributed by atoms with E-state index in [1.165, 1.54) is 0 Å². The van der Waals surface area contributed by atoms with E-state index in [4.69, 9.17) is 5.73 Å². The summed E-state index contributed by atoms with van der Waals surface area (Å²) in [5.41, 5.74) is 7.67. The highest BCUT2D eigenvalue weighted by Crippen LogP contribution is 2.27. The molecule has 2 rings (SSSR count). The molecule has 0 saturated heterocycles. The van der Waals surface area contributed by atoms with Crippen molar-refractivity contribution < 1.29 is 4.79 Å². The third-order valence-corrected chi connectivity index (χ3v) is 4.03. The normalized spacial score (nSPS) is 10.3. The average Bonchev–Trinajstić information content (AvgIpc) is 2.40. The molecule has 0 aliphatic rings. The van der Waals surface area contributed by atoms with Crippen molar-refractivity contribution in [2.24, 2.45) is 0 Å². The number of rotatable bonds is 4. The van der Waals surface area contributed by atoms with Crippen LogP contribution >= 0.6 is 27.7 Å². The molecule has 5 heteroatoms. The fourth-order valence-corrected chi connectivity index (χ4v) is 3.06. The number of thioether (sulfide) groups is 1. The van der Waals surface area contributed by atoms with Crippen molar-refractivity contribution in [3.63, 3.8) is 0 Å². The second-order valence-corrected chi connectivity index (χ2v) is 6.38. The van der Waals surface area contributed by atoms with Crippen LogP contribution in [0.1, 0.15) is 17.3 Å². The summed E-state index contributed by atoms with van der Waals surface area (Å²) in [6, 6.07) is 12.9. The fraction of sp³-hybridized carbons (Fsp3) is 0.133. The number of nitrogens with two attached hydrogens (primary N) is 1. The number of hydrogen-bond donors (Lipinski definition) is 2. The lowest BCUT2D eigenvalue weighted by molar-refractivity contribution is 0.102. The van der Waals surface area contributed by atoms with Crippen molar-refractivity contribution in [2.45, 2.75) is 11.8 Å². The molecule has 0 aromatic heterocycles. The fourth-order valence-electron chi connectivity index (χ4n) is 1.79. The van der Waals surface area contributed by atoms with Gasteiger partial charge in [-0.25, -0.2) is 0 Å². The molecular formula is C15H15BrN2OS. The van der Waals surface area contributed by atoms with Crippen molar-refractivity contribution in [2.75, 3.05) is 16.8 Å². The molecule has 0 aliphatic heterocycles. The Hall–Kier alpha value is -1.46. The summed E-state index contributed by atoms with van der Waals surface area (Å²) in [4.78, 5) is 13.3. The molecule has 1 amide bonds. The van der Waals surface area contributed by atoms with E-state index in [9.17, 15) is 4.79 Å². The number of hydrogen-bond acceptors (Lipinski definition) is 3. The van der Waals surface area contributed by atoms with Gasteiger partial charge < -0.3 is 11.1 Å². The Bertz CT molecular complexity index is 611. The molecule has 3 N–H and O–H groups in total. The second kappa shape index (κ2) is 6.81. The molecular weight excluding hydrogens is 336 g/mol. The molecule has 104 valence electrons. The van der Waals surface area contributed by atoms with Crippen LogP contribution in [-0.2, 0) is 0 Å². The van der Waals surface area contributed by atoms with Gasteiger partial charge in [0.05, 0.1) is 5.69 Å². The summed E-state index contributed by atoms with van der Waals surface area (Å²) in [6.45, 7) is 2.08. The summed E-state index contributed by atoms with van der Waals surface area (Å²) in [5.74, 6) is 0.790. The van der Waals surface area contributed by atoms with E-state index in [0.29, 0.717) is 11.3 Å². The summed E-state index contributed by atoms with van der Waals surface area (Å²) in [6.07, 6.45) is 0. The number of amides is 1. The predicted octanol–water partition coefficient (Wildman–Crippen LogP) is 4.40. The van der Waals surface area contributed by atoms with Crippen LogP contribution in [0.4, 0.5) is 11.4 Å². The zero-order chi connectivity index (χ0) is 14.5. The van der Waals surface area contributed by atoms with Gasteiger partial charge in [-0.05, 0) is 36.1 Å². The zero-order valence-corrected chi connectivity index (χ0v) is 13.4. The molecule has 0 radical (unpaired) electrons. The Labute approximate surface area is 131 Å². The van der Waals surface area contributed by atoms with Crippen LogP contribution in [0.5, 0.6) is 0 Å². The van der Waals surface area contributed by atoms with Crippen molar-refractivity contribution in [3.8, 4) is 0 Å². The lowest BCUT2D eigenvalue weighted by Gasteiger charge is -2.10. The predicted molar refractivity (Wildman–Crippen MR) is 89.3 cm³/mol. The van der Waals surface area contributed by atoms with Gasteiger partial charge in [-0.2, -0.15) is 0 Å². The second-order valence-electron chi connectivity index (χ2n) is 4.16. The lowest BCUT2D eigenvalue weighted by Crippen LogP contribution is -2.13. The standard InChI is InChI=1S/C15H15BrN2OS/c1-2-20-14-6-4-3-5-13(14)18-15(19)10-7-11(16)9-12(17)8-10/h3-9H,2,17H2,1H3,(H,18,19). The maximum atomic E-state index is 12.3. The van der Waals surface area contributed by atoms with Crippen LogP contribution in [-0.4, -0.2) is 11.7 Å². The van der Waals surface area contributed by atoms with E-state index in [1.54, 1.807) is 30.0 Å². The molecule has 2 aromatic rings. The molecule has 0 saturated carbocycles. The van der Waals surface area contributed by atoms with Gasteiger partial charge in [0.15, 0.2) is 0 Å². The highest BCUT2D eigenvalue weighted by molar-refractivity contribution is 9.10. The van der Waals surface area contributed by atoms with Gasteiger partial charge in [0, 0.05) is 20.6 Å². The molecule has 0 heterocycles. The quantitative estimate of drug-likeness (QED) is 0.634. The van der Waals surface area contributed by atoms with Gasteiger partial charge in [-0.3, -0.25) is 4.79 Å². The first-order valence-corrected chi connectivity index (χ1v) is 7.97. The van der Waals surface area contributed by atoms with Crippen LogP contribution in [0.3, 0.4) is 0 Å². The number of nitrogens with one attached hydrogen (secondary N) is 1. The van der Waals surface area contributed by atoms with Crippen LogP contribution in [0.25, 0.3) is 0 Å². The Balaban J connectivity index is 2.23. The van der Waals surface area contributed by atoms with E-state index in [0.717, 1.165) is 20.8 Å². The smallest absolute Gasteiger partial charge is 0.255 e. The van der Waals surface area contributed by atoms with Crippen LogP contribution in [0.15, 0.2) is 51.8 Å². The molecule has 0 bridgehead atoms. The largest absolute Gasteiger partial charge is 0.399 e. The Morgan fingerprint density at radius 1 is 1.30 bits per heavy atom. The highest BCUT2D eigenvalue weighted by Gasteiger charge is 2.10. The van der Waals surface area contributed by atoms with E-state index >= 15 is 0 Å². The third-order valence-electron chi connectivity index (χ3n) is 2.62. The Morgan fingerprint density at radius 2 is 2.05 bits per heavy atom. The van der Waals surface area contributed by atoms with Gasteiger partial charge in [0.1, 0.15) is 0 Å². The van der Waals surface area contributed by atoms with Crippen LogP contribution in [0.2, 0.25) is 0 Å². The topological polar surface area (TPSA) is 55.1 Å². The van der Waals surface area contributed by atoms with Gasteiger partial charge in [-0.15, -0.1) is 11.8 Å². The SMILES string of the molecule is CCSc1ccccc1NC(=O)c1cc(N)cc(Br)c1. The van der Waals surface area contributed by atoms with Gasteiger partial charge >= 0.3 is 0 Å². The third kappa shape index (κ3) is 3.77. The maximum Gasteiger partial charge on any atom is 0.255 e. The number of halogens is 1. The highest BCUT2D eigenvalue weighted by atomic mass is 79.9. The van der Waals surface area contributed by atoms with E-state index in [1.807, 2.05) is 24.3 Å². The first kappa shape index (κ1) is 14.9. The summed E-state index contributed by atoms with van der Waals surface area (Å²) in [5, 5.41) is 2.93. The van der Waals surface area contributed by atoms with Gasteiger partial charge in [0.25, 0.3) is 5.91 Å². The van der Waals surface area contributed by atoms with E-state index in [2.05, 4.69) is 28.2 Å². The monoisotopic (exact) mass is 350 g/mol. The number of carbonyl (C=O) groups is 1. The summed E-state index contributed by atoms with van der Waals surface area (Å²) >= 11 is 5.04. The van der Waals surface area contributed by atoms with Crippen molar-refractivity contribution in [3.05, 3.63) is 52.5 Å². The Morgan fingerprint density at radius 3 is 2.75 bits per heavy atom. The molecule has 3 nitrogen and oxygen atoms in total. The summed E-state index contributed by atoms with van der Waals surface area (Å²) < 4.78 is 0.791. The molecule has 0 fully saturated rings. The van der Waals surface area contributed by atoms with E-state index < -0.39 is 0 Å². The number of benzene rings is 2. The minimum atomic E-state index is -0.165. The number of carbonyl (C=O) groups excluding carboxylic acids is 1. The lowest BCUT2D eigenvalue weighted by atomic mass is 10.2. The molecule has 20 heavy (non-hydrogen) atoms. The summed E-state index contributed by atoms with van der Waals surface area (Å²) in [7, 11) is 0. The van der Waals surface area contributed by atoms with Crippen molar-refractivity contribution in [1.82, 2.24) is 0 Å². The minimum Gasteiger partial charge on any atom is -0.399 e. The van der Waals surface area contributed by atoms with Crippen LogP contribution < -0.4 is 11.1 Å². The first-order chi connectivity index (χ1) is 9.60. The van der Waals surface area contributed by atoms with Crippen LogP contribution in [0, 0.1) is 0 Å². The first-order valence-electron chi connectivity index (χ1n) is 6.19. The number of nitrogen functional groups attached to an aromatic ring is 1. The minimum absolute atomic E-state index is 0.165. The Kier molecular flexibility index (Phi) is 5.09. The molecule has 0 atom stereocenters. The molecule has 2 aromatic carbocycles. The number of anilines is 2. The van der Waals surface area contributed by atoms with Gasteiger partial charge in [0.2, 0.25) is 0 Å². The van der Waals surface area contributed by atoms with Crippen molar-refractivity contribution in [1.29, 1.82) is 0 Å². The zero-order valence-electron chi connectivity index (χ0n) is 11.0.